The first kappa shape index (κ1) is 18.4. The molecule has 0 unspecified atom stereocenters. The maximum Gasteiger partial charge on any atom is 0.324 e. The van der Waals surface area contributed by atoms with Crippen LogP contribution in [0.25, 0.3) is 0 Å². The van der Waals surface area contributed by atoms with Crippen LogP contribution in [0.3, 0.4) is 0 Å². The minimum Gasteiger partial charge on any atom is -0.491 e. The van der Waals surface area contributed by atoms with Gasteiger partial charge in [-0.1, -0.05) is 0 Å². The number of rotatable bonds is 7. The zero-order valence-electron chi connectivity index (χ0n) is 13.4. The summed E-state index contributed by atoms with van der Waals surface area (Å²) < 4.78 is 41.1. The van der Waals surface area contributed by atoms with Gasteiger partial charge >= 0.3 is 5.97 Å². The van der Waals surface area contributed by atoms with Crippen LogP contribution >= 0.6 is 0 Å². The van der Waals surface area contributed by atoms with E-state index in [1.807, 2.05) is 0 Å². The van der Waals surface area contributed by atoms with Crippen LogP contribution in [0.1, 0.15) is 6.42 Å². The van der Waals surface area contributed by atoms with Crippen molar-refractivity contribution in [2.24, 2.45) is 0 Å². The largest absolute Gasteiger partial charge is 0.491 e. The van der Waals surface area contributed by atoms with E-state index in [1.54, 1.807) is 7.11 Å². The van der Waals surface area contributed by atoms with Crippen molar-refractivity contribution in [3.05, 3.63) is 24.3 Å². The third-order valence-electron chi connectivity index (χ3n) is 3.56. The van der Waals surface area contributed by atoms with Crippen LogP contribution in [-0.4, -0.2) is 64.5 Å². The lowest BCUT2D eigenvalue weighted by molar-refractivity contribution is -0.144. The van der Waals surface area contributed by atoms with Gasteiger partial charge in [-0.25, -0.2) is 8.42 Å². The van der Waals surface area contributed by atoms with E-state index in [1.165, 1.54) is 24.3 Å². The number of ether oxygens (including phenoxy) is 3. The molecule has 9 heteroatoms. The van der Waals surface area contributed by atoms with Crippen molar-refractivity contribution in [2.75, 3.05) is 34.0 Å². The molecule has 0 saturated carbocycles. The molecule has 0 radical (unpaired) electrons. The molecule has 24 heavy (non-hydrogen) atoms. The van der Waals surface area contributed by atoms with Crippen molar-refractivity contribution in [3.8, 4) is 5.75 Å². The summed E-state index contributed by atoms with van der Waals surface area (Å²) in [4.78, 5) is 23.3. The number of carbonyl (C=O) groups is 2. The Hall–Kier alpha value is -1.97. The molecule has 0 amide bonds. The lowest BCUT2D eigenvalue weighted by Gasteiger charge is -2.21. The maximum atomic E-state index is 12.7. The van der Waals surface area contributed by atoms with Crippen molar-refractivity contribution in [1.29, 1.82) is 0 Å². The number of esters is 1. The fraction of sp³-hybridized carbons (Fsp3) is 0.467. The first-order chi connectivity index (χ1) is 11.4. The highest BCUT2D eigenvalue weighted by Gasteiger charge is 2.44. The second kappa shape index (κ2) is 7.73. The number of nitrogens with zero attached hydrogens (tertiary/aromatic N) is 1. The first-order valence-electron chi connectivity index (χ1n) is 7.23. The molecule has 8 nitrogen and oxygen atoms in total. The second-order valence-electron chi connectivity index (χ2n) is 5.14. The third kappa shape index (κ3) is 3.92. The summed E-state index contributed by atoms with van der Waals surface area (Å²) in [6, 6.07) is 4.63. The Morgan fingerprint density at radius 1 is 1.21 bits per heavy atom. The molecule has 1 aromatic rings. The van der Waals surface area contributed by atoms with Crippen LogP contribution in [0.4, 0.5) is 0 Å². The van der Waals surface area contributed by atoms with Gasteiger partial charge in [-0.05, 0) is 24.3 Å². The maximum absolute atomic E-state index is 12.7. The summed E-state index contributed by atoms with van der Waals surface area (Å²) in [6.45, 7) is 0.415. The number of carbonyl (C=O) groups excluding carboxylic acids is 2. The van der Waals surface area contributed by atoms with Crippen LogP contribution in [0.2, 0.25) is 0 Å². The van der Waals surface area contributed by atoms with Crippen molar-refractivity contribution in [2.45, 2.75) is 17.4 Å². The summed E-state index contributed by atoms with van der Waals surface area (Å²) >= 11 is 0. The van der Waals surface area contributed by atoms with Crippen LogP contribution in [-0.2, 0) is 29.1 Å². The minimum atomic E-state index is -3.99. The molecular weight excluding hydrogens is 338 g/mol. The predicted octanol–water partition coefficient (Wildman–Crippen LogP) is 0.217. The molecule has 1 heterocycles. The predicted molar refractivity (Wildman–Crippen MR) is 83.1 cm³/mol. The van der Waals surface area contributed by atoms with Crippen molar-refractivity contribution < 1.29 is 32.2 Å². The molecule has 1 atom stereocenters. The average Bonchev–Trinajstić information content (AvgIpc) is 2.97. The average molecular weight is 357 g/mol. The molecule has 2 rings (SSSR count). The Bertz CT molecular complexity index is 699. The Morgan fingerprint density at radius 2 is 1.88 bits per heavy atom. The first-order valence-corrected chi connectivity index (χ1v) is 8.67. The number of hydrogen-bond acceptors (Lipinski definition) is 7. The number of sulfonamides is 1. The van der Waals surface area contributed by atoms with Crippen LogP contribution < -0.4 is 4.74 Å². The highest BCUT2D eigenvalue weighted by atomic mass is 32.2. The van der Waals surface area contributed by atoms with E-state index in [9.17, 15) is 18.0 Å². The Balaban J connectivity index is 2.19. The molecular formula is C15H19NO7S. The molecule has 1 saturated heterocycles. The topological polar surface area (TPSA) is 99.2 Å². The normalized spacial score (nSPS) is 18.6. The molecule has 0 aliphatic carbocycles. The zero-order chi connectivity index (χ0) is 17.7. The summed E-state index contributed by atoms with van der Waals surface area (Å²) in [6.07, 6.45) is -0.176. The van der Waals surface area contributed by atoms with Gasteiger partial charge in [-0.15, -0.1) is 0 Å². The number of ketones is 1. The summed E-state index contributed by atoms with van der Waals surface area (Å²) in [5, 5.41) is 0. The Morgan fingerprint density at radius 3 is 2.46 bits per heavy atom. The van der Waals surface area contributed by atoms with Crippen LogP contribution in [0, 0.1) is 0 Å². The van der Waals surface area contributed by atoms with Gasteiger partial charge < -0.3 is 14.2 Å². The number of hydrogen-bond donors (Lipinski definition) is 0. The lowest BCUT2D eigenvalue weighted by Crippen LogP contribution is -2.41. The van der Waals surface area contributed by atoms with Crippen molar-refractivity contribution >= 4 is 21.8 Å². The Labute approximate surface area is 140 Å². The van der Waals surface area contributed by atoms with Gasteiger partial charge in [0.1, 0.15) is 24.2 Å². The molecule has 1 aromatic carbocycles. The van der Waals surface area contributed by atoms with Gasteiger partial charge in [0.25, 0.3) is 0 Å². The molecule has 1 aliphatic rings. The van der Waals surface area contributed by atoms with Gasteiger partial charge in [-0.2, -0.15) is 4.31 Å². The van der Waals surface area contributed by atoms with Gasteiger partial charge in [0.2, 0.25) is 10.0 Å². The van der Waals surface area contributed by atoms with Crippen molar-refractivity contribution in [1.82, 2.24) is 4.31 Å². The van der Waals surface area contributed by atoms with E-state index in [4.69, 9.17) is 9.47 Å². The molecule has 0 aromatic heterocycles. The van der Waals surface area contributed by atoms with E-state index in [2.05, 4.69) is 4.74 Å². The smallest absolute Gasteiger partial charge is 0.324 e. The molecule has 1 fully saturated rings. The van der Waals surface area contributed by atoms with E-state index >= 15 is 0 Å². The second-order valence-corrected chi connectivity index (χ2v) is 7.04. The third-order valence-corrected chi connectivity index (χ3v) is 5.43. The van der Waals surface area contributed by atoms with Gasteiger partial charge in [0.05, 0.1) is 25.2 Å². The van der Waals surface area contributed by atoms with E-state index < -0.39 is 22.0 Å². The molecule has 0 bridgehead atoms. The summed E-state index contributed by atoms with van der Waals surface area (Å²) in [5.41, 5.74) is 0. The van der Waals surface area contributed by atoms with E-state index in [0.717, 1.165) is 11.4 Å². The van der Waals surface area contributed by atoms with E-state index in [-0.39, 0.29) is 23.6 Å². The monoisotopic (exact) mass is 357 g/mol. The van der Waals surface area contributed by atoms with Gasteiger partial charge in [0.15, 0.2) is 0 Å². The van der Waals surface area contributed by atoms with E-state index in [0.29, 0.717) is 19.0 Å². The highest BCUT2D eigenvalue weighted by molar-refractivity contribution is 7.89. The molecule has 132 valence electrons. The number of Topliss-reactive ketones (excluding diaryl/α,β-unsaturated/α-hetero) is 1. The number of methoxy groups -OCH3 is 2. The number of benzene rings is 1. The summed E-state index contributed by atoms with van der Waals surface area (Å²) in [7, 11) is -1.28. The molecule has 0 spiro atoms. The van der Waals surface area contributed by atoms with Gasteiger partial charge in [-0.3, -0.25) is 9.59 Å². The molecule has 1 aliphatic heterocycles. The van der Waals surface area contributed by atoms with Gasteiger partial charge in [0, 0.05) is 13.5 Å². The molecule has 0 N–H and O–H groups in total. The lowest BCUT2D eigenvalue weighted by atomic mass is 10.2. The van der Waals surface area contributed by atoms with Crippen LogP contribution in [0.15, 0.2) is 29.2 Å². The zero-order valence-corrected chi connectivity index (χ0v) is 14.2. The highest BCUT2D eigenvalue weighted by Crippen LogP contribution is 2.26. The minimum absolute atomic E-state index is 0.0230. The van der Waals surface area contributed by atoms with Crippen LogP contribution in [0.5, 0.6) is 5.75 Å². The summed E-state index contributed by atoms with van der Waals surface area (Å²) in [5.74, 6) is -0.578. The SMILES string of the molecule is COCCOc1ccc(S(=O)(=O)N2CC(=O)C[C@@H]2C(=O)OC)cc1. The quantitative estimate of drug-likeness (QED) is 0.508. The fourth-order valence-corrected chi connectivity index (χ4v) is 3.90. The fourth-order valence-electron chi connectivity index (χ4n) is 2.34. The standard InChI is InChI=1S/C15H19NO7S/c1-21-7-8-23-12-3-5-13(6-4-12)24(19,20)16-10-11(17)9-14(16)15(18)22-2/h3-6,14H,7-10H2,1-2H3/t14-/m1/s1. The van der Waals surface area contributed by atoms with Crippen molar-refractivity contribution in [3.63, 3.8) is 0 Å². The Kier molecular flexibility index (Phi) is 5.92.